The van der Waals surface area contributed by atoms with Gasteiger partial charge in [0.15, 0.2) is 23.1 Å². The number of hydrogen-bond donors (Lipinski definition) is 3. The minimum absolute atomic E-state index is 0.0937. The van der Waals surface area contributed by atoms with Crippen molar-refractivity contribution in [3.8, 4) is 23.0 Å². The van der Waals surface area contributed by atoms with Crippen LogP contribution in [0.5, 0.6) is 23.0 Å². The Hall–Kier alpha value is -4.77. The molecule has 1 aliphatic carbocycles. The van der Waals surface area contributed by atoms with Gasteiger partial charge in [-0.2, -0.15) is 5.90 Å². The summed E-state index contributed by atoms with van der Waals surface area (Å²) >= 11 is 0. The Bertz CT molecular complexity index is 1540. The number of nitrogens with zero attached hydrogens (tertiary/aromatic N) is 1. The van der Waals surface area contributed by atoms with Crippen LogP contribution in [0.25, 0.3) is 10.9 Å². The fourth-order valence-corrected chi connectivity index (χ4v) is 3.97. The summed E-state index contributed by atoms with van der Waals surface area (Å²) in [5, 5.41) is 5.76. The number of anilines is 2. The van der Waals surface area contributed by atoms with E-state index in [0.29, 0.717) is 40.9 Å². The maximum Gasteiger partial charge on any atom is 0.240 e. The topological polar surface area (TPSA) is 125 Å². The van der Waals surface area contributed by atoms with Gasteiger partial charge in [0.05, 0.1) is 12.6 Å². The van der Waals surface area contributed by atoms with Crippen LogP contribution in [-0.2, 0) is 9.59 Å². The number of nitrogens with one attached hydrogen (secondary N) is 2. The van der Waals surface area contributed by atoms with Crippen molar-refractivity contribution in [1.29, 1.82) is 0 Å². The van der Waals surface area contributed by atoms with Crippen LogP contribution >= 0.6 is 0 Å². The predicted molar refractivity (Wildman–Crippen MR) is 135 cm³/mol. The largest absolute Gasteiger partial charge is 0.493 e. The smallest absolute Gasteiger partial charge is 0.240 e. The monoisotopic (exact) mass is 520 g/mol. The minimum Gasteiger partial charge on any atom is -0.493 e. The second-order valence-corrected chi connectivity index (χ2v) is 8.69. The molecule has 2 amide bonds. The highest BCUT2D eigenvalue weighted by Gasteiger charge is 2.56. The van der Waals surface area contributed by atoms with Crippen LogP contribution in [0.1, 0.15) is 12.8 Å². The van der Waals surface area contributed by atoms with E-state index < -0.39 is 28.9 Å². The molecule has 4 aromatic rings. The Morgan fingerprint density at radius 3 is 2.18 bits per heavy atom. The van der Waals surface area contributed by atoms with Crippen LogP contribution in [0.15, 0.2) is 66.9 Å². The number of carbonyl (C=O) groups is 2. The third kappa shape index (κ3) is 4.78. The van der Waals surface area contributed by atoms with Crippen molar-refractivity contribution in [3.05, 3.63) is 78.5 Å². The number of nitrogens with two attached hydrogens (primary N) is 1. The number of hydrogen-bond acceptors (Lipinski definition) is 7. The number of rotatable bonds is 8. The van der Waals surface area contributed by atoms with Crippen molar-refractivity contribution >= 4 is 34.1 Å². The van der Waals surface area contributed by atoms with E-state index in [0.717, 1.165) is 6.07 Å². The molecule has 4 N–H and O–H groups in total. The maximum absolute atomic E-state index is 15.0. The van der Waals surface area contributed by atoms with Crippen LogP contribution < -0.4 is 30.8 Å². The zero-order chi connectivity index (χ0) is 26.9. The molecular weight excluding hydrogens is 498 g/mol. The number of benzene rings is 3. The van der Waals surface area contributed by atoms with Crippen LogP contribution in [0, 0.1) is 17.0 Å². The van der Waals surface area contributed by atoms with E-state index in [9.17, 15) is 18.4 Å². The first kappa shape index (κ1) is 24.9. The normalized spacial score (nSPS) is 13.5. The maximum atomic E-state index is 15.0. The van der Waals surface area contributed by atoms with Crippen LogP contribution in [0.3, 0.4) is 0 Å². The number of methoxy groups -OCH3 is 1. The molecule has 11 heteroatoms. The molecule has 3 aromatic carbocycles. The van der Waals surface area contributed by atoms with Crippen molar-refractivity contribution < 1.29 is 32.7 Å². The van der Waals surface area contributed by atoms with Crippen molar-refractivity contribution in [2.45, 2.75) is 12.8 Å². The number of ether oxygens (including phenoxy) is 2. The summed E-state index contributed by atoms with van der Waals surface area (Å²) < 4.78 is 39.2. The SMILES string of the molecule is COc1cc2c(Oc3ccc(NC(=O)C4(C(=O)Nc5ccc(F)cc5)CC4)cc3F)ccnc2cc1ON. The molecule has 0 unspecified atom stereocenters. The lowest BCUT2D eigenvalue weighted by Crippen LogP contribution is -2.35. The molecule has 5 rings (SSSR count). The van der Waals surface area contributed by atoms with Gasteiger partial charge in [-0.1, -0.05) is 0 Å². The molecule has 0 radical (unpaired) electrons. The number of aromatic nitrogens is 1. The second kappa shape index (κ2) is 9.94. The lowest BCUT2D eigenvalue weighted by molar-refractivity contribution is -0.131. The van der Waals surface area contributed by atoms with Gasteiger partial charge in [0.1, 0.15) is 17.0 Å². The molecule has 1 saturated carbocycles. The second-order valence-electron chi connectivity index (χ2n) is 8.69. The van der Waals surface area contributed by atoms with Gasteiger partial charge in [-0.25, -0.2) is 8.78 Å². The Morgan fingerprint density at radius 2 is 1.55 bits per heavy atom. The third-order valence-corrected chi connectivity index (χ3v) is 6.24. The summed E-state index contributed by atoms with van der Waals surface area (Å²) in [6, 6.07) is 13.9. The first-order valence-electron chi connectivity index (χ1n) is 11.5. The Kier molecular flexibility index (Phi) is 6.52. The zero-order valence-corrected chi connectivity index (χ0v) is 20.1. The highest BCUT2D eigenvalue weighted by atomic mass is 19.1. The summed E-state index contributed by atoms with van der Waals surface area (Å²) in [7, 11) is 1.45. The van der Waals surface area contributed by atoms with Crippen molar-refractivity contribution in [2.24, 2.45) is 11.3 Å². The first-order valence-corrected chi connectivity index (χ1v) is 11.5. The molecule has 38 heavy (non-hydrogen) atoms. The first-order chi connectivity index (χ1) is 18.3. The number of fused-ring (bicyclic) bond motifs is 1. The summed E-state index contributed by atoms with van der Waals surface area (Å²) in [6.45, 7) is 0. The van der Waals surface area contributed by atoms with E-state index in [-0.39, 0.29) is 17.2 Å². The van der Waals surface area contributed by atoms with Gasteiger partial charge in [-0.15, -0.1) is 0 Å². The molecular formula is C27H22F2N4O5. The summed E-state index contributed by atoms with van der Waals surface area (Å²) in [4.78, 5) is 34.7. The van der Waals surface area contributed by atoms with Crippen LogP contribution in [0.2, 0.25) is 0 Å². The van der Waals surface area contributed by atoms with E-state index in [1.807, 2.05) is 0 Å². The lowest BCUT2D eigenvalue weighted by atomic mass is 10.0. The molecule has 1 aromatic heterocycles. The molecule has 0 aliphatic heterocycles. The van der Waals surface area contributed by atoms with Gasteiger partial charge in [0.25, 0.3) is 0 Å². The number of pyridine rings is 1. The van der Waals surface area contributed by atoms with Crippen molar-refractivity contribution in [3.63, 3.8) is 0 Å². The van der Waals surface area contributed by atoms with E-state index in [1.54, 1.807) is 18.2 Å². The quantitative estimate of drug-likeness (QED) is 0.222. The van der Waals surface area contributed by atoms with Gasteiger partial charge in [0, 0.05) is 35.1 Å². The highest BCUT2D eigenvalue weighted by molar-refractivity contribution is 6.16. The molecule has 1 aliphatic rings. The molecule has 0 atom stereocenters. The fourth-order valence-electron chi connectivity index (χ4n) is 3.97. The number of amides is 2. The van der Waals surface area contributed by atoms with Gasteiger partial charge < -0.3 is 24.9 Å². The predicted octanol–water partition coefficient (Wildman–Crippen LogP) is 4.92. The average Bonchev–Trinajstić information content (AvgIpc) is 3.73. The summed E-state index contributed by atoms with van der Waals surface area (Å²) in [5.41, 5.74) is -0.259. The van der Waals surface area contributed by atoms with Gasteiger partial charge in [-0.05, 0) is 61.4 Å². The van der Waals surface area contributed by atoms with Crippen molar-refractivity contribution in [2.75, 3.05) is 17.7 Å². The van der Waals surface area contributed by atoms with Gasteiger partial charge in [0.2, 0.25) is 11.8 Å². The molecule has 0 bridgehead atoms. The van der Waals surface area contributed by atoms with Gasteiger partial charge in [-0.3, -0.25) is 14.6 Å². The van der Waals surface area contributed by atoms with Crippen LogP contribution in [0.4, 0.5) is 20.2 Å². The fraction of sp³-hybridized carbons (Fsp3) is 0.148. The molecule has 0 spiro atoms. The molecule has 1 fully saturated rings. The number of halogens is 2. The summed E-state index contributed by atoms with van der Waals surface area (Å²) in [5.74, 6) is 3.87. The molecule has 194 valence electrons. The van der Waals surface area contributed by atoms with Crippen molar-refractivity contribution in [1.82, 2.24) is 4.98 Å². The summed E-state index contributed by atoms with van der Waals surface area (Å²) in [6.07, 6.45) is 2.17. The molecule has 1 heterocycles. The van der Waals surface area contributed by atoms with E-state index in [1.165, 1.54) is 49.7 Å². The Balaban J connectivity index is 1.31. The lowest BCUT2D eigenvalue weighted by Gasteiger charge is -2.16. The van der Waals surface area contributed by atoms with E-state index in [2.05, 4.69) is 15.6 Å². The Morgan fingerprint density at radius 1 is 0.868 bits per heavy atom. The molecule has 9 nitrogen and oxygen atoms in total. The Labute approximate surface area is 215 Å². The van der Waals surface area contributed by atoms with E-state index >= 15 is 0 Å². The minimum atomic E-state index is -1.28. The average molecular weight is 520 g/mol. The standard InChI is InChI=1S/C27H22F2N4O5/c1-36-23-13-18-20(14-24(23)38-30)31-11-8-21(18)37-22-7-6-17(12-19(22)29)33-26(35)27(9-10-27)25(34)32-16-4-2-15(28)3-5-16/h2-8,11-14H,9-10,30H2,1H3,(H,32,34)(H,33,35). The molecule has 0 saturated heterocycles. The highest BCUT2D eigenvalue weighted by Crippen LogP contribution is 2.47. The van der Waals surface area contributed by atoms with Gasteiger partial charge >= 0.3 is 0 Å². The van der Waals surface area contributed by atoms with Crippen LogP contribution in [-0.4, -0.2) is 23.9 Å². The number of carbonyl (C=O) groups excluding carboxylic acids is 2. The third-order valence-electron chi connectivity index (χ3n) is 6.24. The van der Waals surface area contributed by atoms with E-state index in [4.69, 9.17) is 20.2 Å². The zero-order valence-electron chi connectivity index (χ0n) is 20.1.